The van der Waals surface area contributed by atoms with Crippen molar-refractivity contribution in [1.82, 2.24) is 5.32 Å². The predicted molar refractivity (Wildman–Crippen MR) is 87.8 cm³/mol. The first kappa shape index (κ1) is 16.3. The van der Waals surface area contributed by atoms with E-state index >= 15 is 0 Å². The van der Waals surface area contributed by atoms with Crippen LogP contribution >= 0.6 is 0 Å². The van der Waals surface area contributed by atoms with Crippen LogP contribution in [0.25, 0.3) is 6.08 Å². The minimum Gasteiger partial charge on any atom is -0.454 e. The highest BCUT2D eigenvalue weighted by molar-refractivity contribution is 5.92. The zero-order valence-electron chi connectivity index (χ0n) is 13.5. The second-order valence-electron chi connectivity index (χ2n) is 6.23. The van der Waals surface area contributed by atoms with Gasteiger partial charge in [-0.1, -0.05) is 19.8 Å². The SMILES string of the molecule is C[C@@H]1CCCC[C@@H]1NC(=O)/C=C/c1cc2c(cc1[N+](=O)[O-])OCO2. The van der Waals surface area contributed by atoms with Gasteiger partial charge in [0.15, 0.2) is 11.5 Å². The smallest absolute Gasteiger partial charge is 0.280 e. The van der Waals surface area contributed by atoms with Crippen LogP contribution in [0.1, 0.15) is 38.2 Å². The molecule has 7 heteroatoms. The van der Waals surface area contributed by atoms with Crippen LogP contribution < -0.4 is 14.8 Å². The number of ether oxygens (including phenoxy) is 2. The zero-order chi connectivity index (χ0) is 17.1. The maximum Gasteiger partial charge on any atom is 0.280 e. The number of nitro groups is 1. The molecule has 1 N–H and O–H groups in total. The summed E-state index contributed by atoms with van der Waals surface area (Å²) in [6.45, 7) is 2.18. The first-order valence-electron chi connectivity index (χ1n) is 8.11. The molecule has 0 bridgehead atoms. The molecule has 0 radical (unpaired) electrons. The molecule has 1 heterocycles. The van der Waals surface area contributed by atoms with Crippen molar-refractivity contribution < 1.29 is 19.2 Å². The van der Waals surface area contributed by atoms with Crippen LogP contribution in [0.15, 0.2) is 18.2 Å². The molecular weight excluding hydrogens is 312 g/mol. The monoisotopic (exact) mass is 332 g/mol. The number of hydrogen-bond acceptors (Lipinski definition) is 5. The van der Waals surface area contributed by atoms with Gasteiger partial charge in [0, 0.05) is 12.1 Å². The molecular formula is C17H20N2O5. The van der Waals surface area contributed by atoms with Gasteiger partial charge in [-0.3, -0.25) is 14.9 Å². The van der Waals surface area contributed by atoms with Gasteiger partial charge in [0.2, 0.25) is 12.7 Å². The number of carbonyl (C=O) groups excluding carboxylic acids is 1. The summed E-state index contributed by atoms with van der Waals surface area (Å²) in [6, 6.07) is 3.01. The Kier molecular flexibility index (Phi) is 4.69. The van der Waals surface area contributed by atoms with Crippen LogP contribution in [-0.2, 0) is 4.79 Å². The average Bonchev–Trinajstić information content (AvgIpc) is 3.01. The fourth-order valence-electron chi connectivity index (χ4n) is 3.17. The fraction of sp³-hybridized carbons (Fsp3) is 0.471. The van der Waals surface area contributed by atoms with E-state index in [2.05, 4.69) is 12.2 Å². The van der Waals surface area contributed by atoms with E-state index < -0.39 is 4.92 Å². The molecule has 24 heavy (non-hydrogen) atoms. The van der Waals surface area contributed by atoms with Gasteiger partial charge in [-0.15, -0.1) is 0 Å². The minimum atomic E-state index is -0.497. The summed E-state index contributed by atoms with van der Waals surface area (Å²) >= 11 is 0. The van der Waals surface area contributed by atoms with E-state index in [1.54, 1.807) is 0 Å². The Morgan fingerprint density at radius 3 is 2.71 bits per heavy atom. The van der Waals surface area contributed by atoms with Crippen molar-refractivity contribution in [2.75, 3.05) is 6.79 Å². The van der Waals surface area contributed by atoms with Gasteiger partial charge in [0.1, 0.15) is 0 Å². The van der Waals surface area contributed by atoms with Gasteiger partial charge < -0.3 is 14.8 Å². The molecule has 3 rings (SSSR count). The second kappa shape index (κ2) is 6.90. The molecule has 1 fully saturated rings. The molecule has 128 valence electrons. The van der Waals surface area contributed by atoms with E-state index in [1.165, 1.54) is 30.7 Å². The van der Waals surface area contributed by atoms with E-state index in [0.717, 1.165) is 19.3 Å². The van der Waals surface area contributed by atoms with E-state index in [0.29, 0.717) is 23.0 Å². The largest absolute Gasteiger partial charge is 0.454 e. The molecule has 0 unspecified atom stereocenters. The minimum absolute atomic E-state index is 0.0414. The lowest BCUT2D eigenvalue weighted by Crippen LogP contribution is -2.40. The number of rotatable bonds is 4. The van der Waals surface area contributed by atoms with Gasteiger partial charge in [0.25, 0.3) is 5.69 Å². The summed E-state index contributed by atoms with van der Waals surface area (Å²) in [7, 11) is 0. The summed E-state index contributed by atoms with van der Waals surface area (Å²) in [4.78, 5) is 22.8. The van der Waals surface area contributed by atoms with E-state index in [-0.39, 0.29) is 24.4 Å². The molecule has 2 atom stereocenters. The third-order valence-electron chi connectivity index (χ3n) is 4.57. The first-order valence-corrected chi connectivity index (χ1v) is 8.11. The fourth-order valence-corrected chi connectivity index (χ4v) is 3.17. The van der Waals surface area contributed by atoms with Crippen molar-refractivity contribution in [2.45, 2.75) is 38.6 Å². The number of hydrogen-bond donors (Lipinski definition) is 1. The van der Waals surface area contributed by atoms with Gasteiger partial charge in [-0.05, 0) is 30.9 Å². The maximum absolute atomic E-state index is 12.1. The first-order chi connectivity index (χ1) is 11.5. The van der Waals surface area contributed by atoms with Crippen molar-refractivity contribution in [3.8, 4) is 11.5 Å². The van der Waals surface area contributed by atoms with Crippen LogP contribution in [0.4, 0.5) is 5.69 Å². The van der Waals surface area contributed by atoms with E-state index in [1.807, 2.05) is 0 Å². The van der Waals surface area contributed by atoms with E-state index in [4.69, 9.17) is 9.47 Å². The number of amides is 1. The molecule has 1 aliphatic carbocycles. The molecule has 0 aromatic heterocycles. The molecule has 1 amide bonds. The van der Waals surface area contributed by atoms with E-state index in [9.17, 15) is 14.9 Å². The Hall–Kier alpha value is -2.57. The summed E-state index contributed by atoms with van der Waals surface area (Å²) < 4.78 is 10.4. The summed E-state index contributed by atoms with van der Waals surface area (Å²) in [5.74, 6) is 1.01. The number of nitro benzene ring substituents is 1. The van der Waals surface area contributed by atoms with Gasteiger partial charge in [-0.25, -0.2) is 0 Å². The highest BCUT2D eigenvalue weighted by Crippen LogP contribution is 2.38. The van der Waals surface area contributed by atoms with Crippen molar-refractivity contribution in [1.29, 1.82) is 0 Å². The summed E-state index contributed by atoms with van der Waals surface area (Å²) in [5, 5.41) is 14.2. The topological polar surface area (TPSA) is 90.7 Å². The second-order valence-corrected chi connectivity index (χ2v) is 6.23. The molecule has 1 saturated carbocycles. The predicted octanol–water partition coefficient (Wildman–Crippen LogP) is 3.03. The average molecular weight is 332 g/mol. The van der Waals surface area contributed by atoms with Gasteiger partial charge in [-0.2, -0.15) is 0 Å². The van der Waals surface area contributed by atoms with Crippen molar-refractivity contribution in [2.24, 2.45) is 5.92 Å². The van der Waals surface area contributed by atoms with Crippen LogP contribution in [-0.4, -0.2) is 23.7 Å². The van der Waals surface area contributed by atoms with Crippen LogP contribution in [0.3, 0.4) is 0 Å². The van der Waals surface area contributed by atoms with Crippen LogP contribution in [0.5, 0.6) is 11.5 Å². The molecule has 1 aromatic carbocycles. The highest BCUT2D eigenvalue weighted by Gasteiger charge is 2.23. The summed E-state index contributed by atoms with van der Waals surface area (Å²) in [6.07, 6.45) is 7.20. The Morgan fingerprint density at radius 2 is 2.00 bits per heavy atom. The van der Waals surface area contributed by atoms with Gasteiger partial charge in [0.05, 0.1) is 16.6 Å². The normalized spacial score (nSPS) is 22.5. The Bertz CT molecular complexity index is 686. The highest BCUT2D eigenvalue weighted by atomic mass is 16.7. The number of nitrogens with zero attached hydrogens (tertiary/aromatic N) is 1. The molecule has 2 aliphatic rings. The number of fused-ring (bicyclic) bond motifs is 1. The molecule has 0 saturated heterocycles. The Labute approximate surface area is 139 Å². The molecule has 0 spiro atoms. The zero-order valence-corrected chi connectivity index (χ0v) is 13.5. The summed E-state index contributed by atoms with van der Waals surface area (Å²) in [5.41, 5.74) is 0.199. The number of carbonyl (C=O) groups is 1. The van der Waals surface area contributed by atoms with Crippen LogP contribution in [0, 0.1) is 16.0 Å². The lowest BCUT2D eigenvalue weighted by Gasteiger charge is -2.29. The van der Waals surface area contributed by atoms with Crippen molar-refractivity contribution in [3.05, 3.63) is 33.9 Å². The standard InChI is InChI=1S/C17H20N2O5/c1-11-4-2-3-5-13(11)18-17(20)7-6-12-8-15-16(24-10-23-15)9-14(12)19(21)22/h6-9,11,13H,2-5,10H2,1H3,(H,18,20)/b7-6+/t11-,13+/m1/s1. The Balaban J connectivity index is 1.73. The Morgan fingerprint density at radius 1 is 1.29 bits per heavy atom. The third-order valence-corrected chi connectivity index (χ3v) is 4.57. The lowest BCUT2D eigenvalue weighted by molar-refractivity contribution is -0.385. The lowest BCUT2D eigenvalue weighted by atomic mass is 9.86. The van der Waals surface area contributed by atoms with Crippen LogP contribution in [0.2, 0.25) is 0 Å². The molecule has 7 nitrogen and oxygen atoms in total. The van der Waals surface area contributed by atoms with Crippen molar-refractivity contribution >= 4 is 17.7 Å². The quantitative estimate of drug-likeness (QED) is 0.520. The third kappa shape index (κ3) is 3.50. The molecule has 1 aliphatic heterocycles. The number of nitrogens with one attached hydrogen (secondary N) is 1. The van der Waals surface area contributed by atoms with Crippen molar-refractivity contribution in [3.63, 3.8) is 0 Å². The number of benzene rings is 1. The maximum atomic E-state index is 12.1. The van der Waals surface area contributed by atoms with Gasteiger partial charge >= 0.3 is 0 Å². The molecule has 1 aromatic rings.